The van der Waals surface area contributed by atoms with Crippen LogP contribution in [0.2, 0.25) is 0 Å². The van der Waals surface area contributed by atoms with E-state index < -0.39 is 0 Å². The summed E-state index contributed by atoms with van der Waals surface area (Å²) in [5.41, 5.74) is 1.67. The second kappa shape index (κ2) is 8.11. The standard InChI is InChI=1S/C18H12FN5.C2H6/c19-15-6-2-1-4-13(15)17-23-16-14(5-3-9-21-16)18(24-17)22-12-7-10-20-11-8-12;1-2/h1-11H,(H,20,21,22,23,24);1-2H3. The molecule has 3 heterocycles. The molecule has 1 aromatic carbocycles. The number of rotatable bonds is 3. The predicted molar refractivity (Wildman–Crippen MR) is 102 cm³/mol. The molecule has 3 aromatic heterocycles. The normalized spacial score (nSPS) is 10.1. The number of nitrogens with one attached hydrogen (secondary N) is 1. The van der Waals surface area contributed by atoms with Crippen LogP contribution in [-0.2, 0) is 0 Å². The first-order valence-corrected chi connectivity index (χ1v) is 8.36. The van der Waals surface area contributed by atoms with Gasteiger partial charge in [0.25, 0.3) is 0 Å². The second-order valence-electron chi connectivity index (χ2n) is 5.11. The summed E-state index contributed by atoms with van der Waals surface area (Å²) in [6, 6.07) is 13.8. The third-order valence-electron chi connectivity index (χ3n) is 3.53. The summed E-state index contributed by atoms with van der Waals surface area (Å²) < 4.78 is 14.1. The Bertz CT molecular complexity index is 1010. The summed E-state index contributed by atoms with van der Waals surface area (Å²) in [6.45, 7) is 4.00. The summed E-state index contributed by atoms with van der Waals surface area (Å²) in [5.74, 6) is 0.482. The fraction of sp³-hybridized carbons (Fsp3) is 0.100. The molecule has 0 amide bonds. The van der Waals surface area contributed by atoms with Gasteiger partial charge in [0.1, 0.15) is 11.6 Å². The van der Waals surface area contributed by atoms with E-state index in [0.29, 0.717) is 17.0 Å². The van der Waals surface area contributed by atoms with Gasteiger partial charge in [0.2, 0.25) is 0 Å². The molecule has 0 aliphatic rings. The van der Waals surface area contributed by atoms with Gasteiger partial charge in [-0.2, -0.15) is 0 Å². The molecule has 130 valence electrons. The quantitative estimate of drug-likeness (QED) is 0.565. The lowest BCUT2D eigenvalue weighted by Gasteiger charge is -2.10. The van der Waals surface area contributed by atoms with Gasteiger partial charge in [-0.05, 0) is 36.4 Å². The summed E-state index contributed by atoms with van der Waals surface area (Å²) >= 11 is 0. The molecule has 0 aliphatic carbocycles. The molecule has 0 saturated carbocycles. The molecule has 6 heteroatoms. The van der Waals surface area contributed by atoms with Crippen LogP contribution in [0.4, 0.5) is 15.9 Å². The van der Waals surface area contributed by atoms with Crippen molar-refractivity contribution in [1.82, 2.24) is 19.9 Å². The highest BCUT2D eigenvalue weighted by molar-refractivity contribution is 5.89. The van der Waals surface area contributed by atoms with Gasteiger partial charge in [-0.15, -0.1) is 0 Å². The Morgan fingerprint density at radius 3 is 2.38 bits per heavy atom. The first-order chi connectivity index (χ1) is 12.8. The van der Waals surface area contributed by atoms with Crippen molar-refractivity contribution in [3.63, 3.8) is 0 Å². The topological polar surface area (TPSA) is 63.6 Å². The van der Waals surface area contributed by atoms with Gasteiger partial charge in [0.05, 0.1) is 10.9 Å². The Morgan fingerprint density at radius 2 is 1.62 bits per heavy atom. The number of benzene rings is 1. The third-order valence-corrected chi connectivity index (χ3v) is 3.53. The number of fused-ring (bicyclic) bond motifs is 1. The van der Waals surface area contributed by atoms with Gasteiger partial charge in [-0.25, -0.2) is 19.3 Å². The van der Waals surface area contributed by atoms with Crippen molar-refractivity contribution in [2.24, 2.45) is 0 Å². The molecule has 0 radical (unpaired) electrons. The van der Waals surface area contributed by atoms with E-state index in [1.165, 1.54) is 6.07 Å². The van der Waals surface area contributed by atoms with E-state index in [4.69, 9.17) is 0 Å². The van der Waals surface area contributed by atoms with Crippen LogP contribution in [0.25, 0.3) is 22.4 Å². The minimum absolute atomic E-state index is 0.288. The molecular formula is C20H18FN5. The first kappa shape index (κ1) is 17.4. The SMILES string of the molecule is CC.Fc1ccccc1-c1nc(Nc2ccncc2)c2cccnc2n1. The van der Waals surface area contributed by atoms with Crippen molar-refractivity contribution >= 4 is 22.5 Å². The average Bonchev–Trinajstić information content (AvgIpc) is 2.70. The Kier molecular flexibility index (Phi) is 5.43. The van der Waals surface area contributed by atoms with E-state index in [1.54, 1.807) is 36.8 Å². The molecule has 0 unspecified atom stereocenters. The minimum Gasteiger partial charge on any atom is -0.339 e. The van der Waals surface area contributed by atoms with Gasteiger partial charge >= 0.3 is 0 Å². The monoisotopic (exact) mass is 347 g/mol. The zero-order valence-corrected chi connectivity index (χ0v) is 14.5. The number of pyridine rings is 2. The van der Waals surface area contributed by atoms with E-state index in [9.17, 15) is 4.39 Å². The molecule has 26 heavy (non-hydrogen) atoms. The lowest BCUT2D eigenvalue weighted by atomic mass is 10.2. The van der Waals surface area contributed by atoms with Crippen molar-refractivity contribution in [1.29, 1.82) is 0 Å². The number of hydrogen-bond donors (Lipinski definition) is 1. The molecule has 0 aliphatic heterocycles. The Labute approximate surface area is 151 Å². The van der Waals surface area contributed by atoms with Gasteiger partial charge in [0, 0.05) is 24.3 Å². The molecule has 5 nitrogen and oxygen atoms in total. The van der Waals surface area contributed by atoms with Crippen molar-refractivity contribution in [2.75, 3.05) is 5.32 Å². The highest BCUT2D eigenvalue weighted by Crippen LogP contribution is 2.27. The average molecular weight is 347 g/mol. The zero-order valence-electron chi connectivity index (χ0n) is 14.5. The van der Waals surface area contributed by atoms with Gasteiger partial charge in [-0.3, -0.25) is 4.98 Å². The van der Waals surface area contributed by atoms with Crippen molar-refractivity contribution in [3.8, 4) is 11.4 Å². The highest BCUT2D eigenvalue weighted by atomic mass is 19.1. The largest absolute Gasteiger partial charge is 0.339 e. The van der Waals surface area contributed by atoms with Crippen LogP contribution in [0.3, 0.4) is 0 Å². The predicted octanol–water partition coefficient (Wildman–Crippen LogP) is 5.00. The van der Waals surface area contributed by atoms with Gasteiger partial charge < -0.3 is 5.32 Å². The maximum absolute atomic E-state index is 14.1. The van der Waals surface area contributed by atoms with Crippen molar-refractivity contribution < 1.29 is 4.39 Å². The van der Waals surface area contributed by atoms with Gasteiger partial charge in [-0.1, -0.05) is 26.0 Å². The summed E-state index contributed by atoms with van der Waals surface area (Å²) in [5, 5.41) is 3.98. The lowest BCUT2D eigenvalue weighted by molar-refractivity contribution is 0.630. The zero-order chi connectivity index (χ0) is 18.4. The Balaban J connectivity index is 0.000000948. The molecule has 1 N–H and O–H groups in total. The molecular weight excluding hydrogens is 329 g/mol. The van der Waals surface area contributed by atoms with Crippen LogP contribution in [0.15, 0.2) is 67.1 Å². The lowest BCUT2D eigenvalue weighted by Crippen LogP contribution is -2.01. The van der Waals surface area contributed by atoms with Crippen LogP contribution in [0.1, 0.15) is 13.8 Å². The smallest absolute Gasteiger partial charge is 0.166 e. The minimum atomic E-state index is -0.373. The van der Waals surface area contributed by atoms with Crippen molar-refractivity contribution in [2.45, 2.75) is 13.8 Å². The summed E-state index contributed by atoms with van der Waals surface area (Å²) in [6.07, 6.45) is 5.01. The summed E-state index contributed by atoms with van der Waals surface area (Å²) in [4.78, 5) is 17.2. The molecule has 0 spiro atoms. The van der Waals surface area contributed by atoms with E-state index in [0.717, 1.165) is 11.1 Å². The third kappa shape index (κ3) is 3.64. The first-order valence-electron chi connectivity index (χ1n) is 8.36. The van der Waals surface area contributed by atoms with Crippen LogP contribution in [-0.4, -0.2) is 19.9 Å². The number of nitrogens with zero attached hydrogens (tertiary/aromatic N) is 4. The maximum atomic E-state index is 14.1. The van der Waals surface area contributed by atoms with E-state index in [-0.39, 0.29) is 11.6 Å². The number of hydrogen-bond acceptors (Lipinski definition) is 5. The van der Waals surface area contributed by atoms with Crippen LogP contribution < -0.4 is 5.32 Å². The van der Waals surface area contributed by atoms with E-state index in [1.807, 2.05) is 38.1 Å². The van der Waals surface area contributed by atoms with Crippen LogP contribution in [0, 0.1) is 5.82 Å². The molecule has 0 saturated heterocycles. The maximum Gasteiger partial charge on any atom is 0.166 e. The number of aromatic nitrogens is 4. The van der Waals surface area contributed by atoms with Gasteiger partial charge in [0.15, 0.2) is 11.5 Å². The highest BCUT2D eigenvalue weighted by Gasteiger charge is 2.13. The molecule has 4 rings (SSSR count). The van der Waals surface area contributed by atoms with E-state index >= 15 is 0 Å². The Hall–Kier alpha value is -3.41. The fourth-order valence-electron chi connectivity index (χ4n) is 2.39. The van der Waals surface area contributed by atoms with Crippen LogP contribution in [0.5, 0.6) is 0 Å². The molecule has 0 bridgehead atoms. The summed E-state index contributed by atoms with van der Waals surface area (Å²) in [7, 11) is 0. The fourth-order valence-corrected chi connectivity index (χ4v) is 2.39. The number of anilines is 2. The van der Waals surface area contributed by atoms with Crippen LogP contribution >= 0.6 is 0 Å². The number of halogens is 1. The van der Waals surface area contributed by atoms with Crippen molar-refractivity contribution in [3.05, 3.63) is 72.9 Å². The molecule has 0 atom stereocenters. The molecule has 4 aromatic rings. The second-order valence-corrected chi connectivity index (χ2v) is 5.11. The van der Waals surface area contributed by atoms with E-state index in [2.05, 4.69) is 25.3 Å². The molecule has 0 fully saturated rings. The Morgan fingerprint density at radius 1 is 0.846 bits per heavy atom.